The lowest BCUT2D eigenvalue weighted by Gasteiger charge is -2.13. The fourth-order valence-corrected chi connectivity index (χ4v) is 2.31. The Morgan fingerprint density at radius 3 is 2.36 bits per heavy atom. The first kappa shape index (κ1) is 18.4. The monoisotopic (exact) mass is 343 g/mol. The highest BCUT2D eigenvalue weighted by Crippen LogP contribution is 2.28. The Bertz CT molecular complexity index is 687. The number of hydrogen-bond donors (Lipinski definition) is 3. The summed E-state index contributed by atoms with van der Waals surface area (Å²) in [5, 5.41) is 5.59. The van der Waals surface area contributed by atoms with Crippen LogP contribution in [0.1, 0.15) is 19.4 Å². The molecule has 0 aliphatic heterocycles. The summed E-state index contributed by atoms with van der Waals surface area (Å²) in [5.74, 6) is 1.47. The summed E-state index contributed by atoms with van der Waals surface area (Å²) in [6, 6.07) is 12.6. The summed E-state index contributed by atoms with van der Waals surface area (Å²) in [5.41, 5.74) is 8.05. The van der Waals surface area contributed by atoms with E-state index in [1.807, 2.05) is 32.0 Å². The molecule has 0 bridgehead atoms. The molecule has 2 aromatic carbocycles. The van der Waals surface area contributed by atoms with Crippen molar-refractivity contribution >= 4 is 17.4 Å². The smallest absolute Gasteiger partial charge is 0.319 e. The van der Waals surface area contributed by atoms with Crippen molar-refractivity contribution in [1.29, 1.82) is 0 Å². The normalized spacial score (nSPS) is 10.2. The Hall–Kier alpha value is -2.89. The van der Waals surface area contributed by atoms with Gasteiger partial charge >= 0.3 is 6.03 Å². The molecular formula is C19H25N3O3. The van der Waals surface area contributed by atoms with Crippen LogP contribution in [0.15, 0.2) is 42.5 Å². The maximum Gasteiger partial charge on any atom is 0.319 e. The van der Waals surface area contributed by atoms with Crippen LogP contribution in [-0.4, -0.2) is 25.8 Å². The molecule has 134 valence electrons. The Kier molecular flexibility index (Phi) is 6.95. The summed E-state index contributed by atoms with van der Waals surface area (Å²) < 4.78 is 11.2. The Morgan fingerprint density at radius 2 is 1.68 bits per heavy atom. The molecule has 0 spiro atoms. The highest BCUT2D eigenvalue weighted by molar-refractivity contribution is 5.89. The number of benzene rings is 2. The van der Waals surface area contributed by atoms with Gasteiger partial charge in [-0.25, -0.2) is 4.79 Å². The molecule has 2 amide bonds. The molecule has 6 nitrogen and oxygen atoms in total. The molecule has 0 aliphatic carbocycles. The lowest BCUT2D eigenvalue weighted by Crippen LogP contribution is -2.30. The van der Waals surface area contributed by atoms with Crippen LogP contribution in [0.5, 0.6) is 11.5 Å². The quantitative estimate of drug-likeness (QED) is 0.641. The van der Waals surface area contributed by atoms with E-state index in [9.17, 15) is 4.79 Å². The van der Waals surface area contributed by atoms with Gasteiger partial charge in [0.15, 0.2) is 11.5 Å². The number of hydrogen-bond acceptors (Lipinski definition) is 4. The van der Waals surface area contributed by atoms with Gasteiger partial charge in [-0.3, -0.25) is 0 Å². The zero-order chi connectivity index (χ0) is 18.1. The Morgan fingerprint density at radius 1 is 1.00 bits per heavy atom. The average molecular weight is 343 g/mol. The summed E-state index contributed by atoms with van der Waals surface area (Å²) in [6.45, 7) is 5.55. The van der Waals surface area contributed by atoms with Crippen LogP contribution in [0.25, 0.3) is 0 Å². The molecular weight excluding hydrogens is 318 g/mol. The first-order valence-corrected chi connectivity index (χ1v) is 8.41. The lowest BCUT2D eigenvalue weighted by molar-refractivity contribution is 0.252. The zero-order valence-corrected chi connectivity index (χ0v) is 14.7. The van der Waals surface area contributed by atoms with Crippen LogP contribution in [-0.2, 0) is 6.42 Å². The molecule has 2 rings (SSSR count). The molecule has 0 aliphatic rings. The number of amides is 2. The van der Waals surface area contributed by atoms with Crippen LogP contribution in [0.4, 0.5) is 16.2 Å². The van der Waals surface area contributed by atoms with E-state index in [1.54, 1.807) is 24.3 Å². The predicted molar refractivity (Wildman–Crippen MR) is 100 cm³/mol. The molecule has 0 fully saturated rings. The summed E-state index contributed by atoms with van der Waals surface area (Å²) in [4.78, 5) is 11.9. The van der Waals surface area contributed by atoms with Crippen LogP contribution >= 0.6 is 0 Å². The van der Waals surface area contributed by atoms with E-state index < -0.39 is 0 Å². The Labute approximate surface area is 148 Å². The van der Waals surface area contributed by atoms with Gasteiger partial charge in [0.1, 0.15) is 0 Å². The second kappa shape index (κ2) is 9.42. The maximum atomic E-state index is 11.9. The molecule has 6 heteroatoms. The number of anilines is 2. The standard InChI is InChI=1S/C19H25N3O3/c1-3-24-17-10-5-14(13-18(17)25-4-2)11-12-21-19(23)22-16-8-6-15(20)7-9-16/h5-10,13H,3-4,11-12,20H2,1-2H3,(H2,21,22,23). The topological polar surface area (TPSA) is 85.6 Å². The van der Waals surface area contributed by atoms with Gasteiger partial charge in [-0.1, -0.05) is 6.07 Å². The minimum atomic E-state index is -0.249. The van der Waals surface area contributed by atoms with Crippen molar-refractivity contribution in [3.8, 4) is 11.5 Å². The van der Waals surface area contributed by atoms with Crippen molar-refractivity contribution in [3.63, 3.8) is 0 Å². The largest absolute Gasteiger partial charge is 0.490 e. The number of carbonyl (C=O) groups excluding carboxylic acids is 1. The minimum absolute atomic E-state index is 0.249. The van der Waals surface area contributed by atoms with E-state index in [1.165, 1.54) is 0 Å². The highest BCUT2D eigenvalue weighted by atomic mass is 16.5. The number of urea groups is 1. The number of carbonyl (C=O) groups is 1. The van der Waals surface area contributed by atoms with Crippen molar-refractivity contribution in [3.05, 3.63) is 48.0 Å². The van der Waals surface area contributed by atoms with Crippen molar-refractivity contribution in [2.45, 2.75) is 20.3 Å². The van der Waals surface area contributed by atoms with Gasteiger partial charge in [-0.2, -0.15) is 0 Å². The number of nitrogen functional groups attached to an aromatic ring is 1. The van der Waals surface area contributed by atoms with Crippen LogP contribution in [0.3, 0.4) is 0 Å². The number of rotatable bonds is 8. The van der Waals surface area contributed by atoms with E-state index in [4.69, 9.17) is 15.2 Å². The first-order valence-electron chi connectivity index (χ1n) is 8.41. The number of nitrogens with one attached hydrogen (secondary N) is 2. The third-order valence-electron chi connectivity index (χ3n) is 3.48. The first-order chi connectivity index (χ1) is 12.1. The summed E-state index contributed by atoms with van der Waals surface area (Å²) in [7, 11) is 0. The van der Waals surface area contributed by atoms with E-state index in [-0.39, 0.29) is 6.03 Å². The molecule has 0 saturated heterocycles. The van der Waals surface area contributed by atoms with Gasteiger partial charge in [0.05, 0.1) is 13.2 Å². The van der Waals surface area contributed by atoms with Crippen LogP contribution in [0, 0.1) is 0 Å². The third kappa shape index (κ3) is 5.91. The van der Waals surface area contributed by atoms with Gasteiger partial charge in [0.2, 0.25) is 0 Å². The fourth-order valence-electron chi connectivity index (χ4n) is 2.31. The Balaban J connectivity index is 1.85. The van der Waals surface area contributed by atoms with Crippen molar-refractivity contribution < 1.29 is 14.3 Å². The zero-order valence-electron chi connectivity index (χ0n) is 14.7. The van der Waals surface area contributed by atoms with Gasteiger partial charge in [-0.15, -0.1) is 0 Å². The van der Waals surface area contributed by atoms with Gasteiger partial charge in [0, 0.05) is 17.9 Å². The van der Waals surface area contributed by atoms with Gasteiger partial charge in [-0.05, 0) is 62.2 Å². The molecule has 0 aromatic heterocycles. The highest BCUT2D eigenvalue weighted by Gasteiger charge is 2.07. The van der Waals surface area contributed by atoms with Gasteiger partial charge < -0.3 is 25.8 Å². The second-order valence-corrected chi connectivity index (χ2v) is 5.40. The third-order valence-corrected chi connectivity index (χ3v) is 3.48. The molecule has 2 aromatic rings. The molecule has 0 atom stereocenters. The van der Waals surface area contributed by atoms with Crippen LogP contribution < -0.4 is 25.8 Å². The number of ether oxygens (including phenoxy) is 2. The molecule has 4 N–H and O–H groups in total. The molecule has 0 heterocycles. The van der Waals surface area contributed by atoms with Crippen molar-refractivity contribution in [1.82, 2.24) is 5.32 Å². The predicted octanol–water partition coefficient (Wildman–Crippen LogP) is 3.43. The lowest BCUT2D eigenvalue weighted by atomic mass is 10.1. The maximum absolute atomic E-state index is 11.9. The van der Waals surface area contributed by atoms with Gasteiger partial charge in [0.25, 0.3) is 0 Å². The SMILES string of the molecule is CCOc1ccc(CCNC(=O)Nc2ccc(N)cc2)cc1OCC. The second-order valence-electron chi connectivity index (χ2n) is 5.40. The van der Waals surface area contributed by atoms with E-state index in [0.29, 0.717) is 37.6 Å². The van der Waals surface area contributed by atoms with E-state index >= 15 is 0 Å². The van der Waals surface area contributed by atoms with Crippen LogP contribution in [0.2, 0.25) is 0 Å². The molecule has 0 unspecified atom stereocenters. The summed E-state index contributed by atoms with van der Waals surface area (Å²) >= 11 is 0. The van der Waals surface area contributed by atoms with E-state index in [0.717, 1.165) is 17.1 Å². The molecule has 0 radical (unpaired) electrons. The number of nitrogens with two attached hydrogens (primary N) is 1. The van der Waals surface area contributed by atoms with Crippen molar-refractivity contribution in [2.24, 2.45) is 0 Å². The van der Waals surface area contributed by atoms with Crippen molar-refractivity contribution in [2.75, 3.05) is 30.8 Å². The minimum Gasteiger partial charge on any atom is -0.490 e. The average Bonchev–Trinajstić information content (AvgIpc) is 2.59. The van der Waals surface area contributed by atoms with E-state index in [2.05, 4.69) is 10.6 Å². The summed E-state index contributed by atoms with van der Waals surface area (Å²) in [6.07, 6.45) is 0.696. The fraction of sp³-hybridized carbons (Fsp3) is 0.316. The molecule has 0 saturated carbocycles. The molecule has 25 heavy (non-hydrogen) atoms.